The molecule has 0 aliphatic rings. The first-order valence-corrected chi connectivity index (χ1v) is 6.56. The molecule has 1 aromatic carbocycles. The fraction of sp³-hybridized carbons (Fsp3) is 0.500. The second-order valence-corrected chi connectivity index (χ2v) is 5.02. The van der Waals surface area contributed by atoms with Gasteiger partial charge in [-0.1, -0.05) is 34.8 Å². The van der Waals surface area contributed by atoms with E-state index in [4.69, 9.17) is 44.3 Å². The summed E-state index contributed by atoms with van der Waals surface area (Å²) in [4.78, 5) is 0. The highest BCUT2D eigenvalue weighted by molar-refractivity contribution is 6.44. The Balaban J connectivity index is 2.72. The molecule has 0 saturated heterocycles. The first-order chi connectivity index (χ1) is 8.51. The van der Waals surface area contributed by atoms with Crippen molar-refractivity contribution in [1.29, 1.82) is 0 Å². The third kappa shape index (κ3) is 3.98. The number of hydrogen-bond acceptors (Lipinski definition) is 3. The molecule has 0 fully saturated rings. The molecule has 1 N–H and O–H groups in total. The summed E-state index contributed by atoms with van der Waals surface area (Å²) >= 11 is 18.1. The highest BCUT2D eigenvalue weighted by Gasteiger charge is 2.17. The standard InChI is InChI=1S/C12H16Cl3NO2/c1-7(12(17-2)18-3)16-6-8-9(13)4-5-10(14)11(8)15/h4-5,7,12,16H,6H2,1-3H3. The largest absolute Gasteiger partial charge is 0.354 e. The molecule has 1 rings (SSSR count). The summed E-state index contributed by atoms with van der Waals surface area (Å²) in [7, 11) is 3.18. The smallest absolute Gasteiger partial charge is 0.171 e. The van der Waals surface area contributed by atoms with Crippen molar-refractivity contribution in [2.45, 2.75) is 25.8 Å². The van der Waals surface area contributed by atoms with E-state index in [-0.39, 0.29) is 12.3 Å². The number of ether oxygens (including phenoxy) is 2. The molecule has 0 saturated carbocycles. The molecule has 1 unspecified atom stereocenters. The van der Waals surface area contributed by atoms with Gasteiger partial charge in [0.2, 0.25) is 0 Å². The lowest BCUT2D eigenvalue weighted by Gasteiger charge is -2.22. The Morgan fingerprint density at radius 2 is 1.67 bits per heavy atom. The zero-order valence-electron chi connectivity index (χ0n) is 10.5. The average Bonchev–Trinajstić information content (AvgIpc) is 2.35. The minimum Gasteiger partial charge on any atom is -0.354 e. The Morgan fingerprint density at radius 3 is 2.22 bits per heavy atom. The van der Waals surface area contributed by atoms with Crippen molar-refractivity contribution in [2.75, 3.05) is 14.2 Å². The highest BCUT2D eigenvalue weighted by atomic mass is 35.5. The third-order valence-electron chi connectivity index (χ3n) is 2.61. The highest BCUT2D eigenvalue weighted by Crippen LogP contribution is 2.31. The lowest BCUT2D eigenvalue weighted by molar-refractivity contribution is -0.119. The molecular weight excluding hydrogens is 296 g/mol. The van der Waals surface area contributed by atoms with E-state index in [0.717, 1.165) is 5.56 Å². The Labute approximate surface area is 122 Å². The van der Waals surface area contributed by atoms with Gasteiger partial charge < -0.3 is 14.8 Å². The maximum atomic E-state index is 6.11. The van der Waals surface area contributed by atoms with Gasteiger partial charge in [-0.2, -0.15) is 0 Å². The second kappa shape index (κ2) is 7.53. The molecule has 1 aromatic rings. The van der Waals surface area contributed by atoms with Crippen LogP contribution < -0.4 is 5.32 Å². The first-order valence-electron chi connectivity index (χ1n) is 5.42. The van der Waals surface area contributed by atoms with Crippen LogP contribution in [-0.4, -0.2) is 26.6 Å². The van der Waals surface area contributed by atoms with Crippen molar-refractivity contribution >= 4 is 34.8 Å². The first kappa shape index (κ1) is 16.0. The quantitative estimate of drug-likeness (QED) is 0.641. The van der Waals surface area contributed by atoms with Crippen LogP contribution >= 0.6 is 34.8 Å². The molecule has 102 valence electrons. The summed E-state index contributed by atoms with van der Waals surface area (Å²) in [5.41, 5.74) is 0.767. The lowest BCUT2D eigenvalue weighted by Crippen LogP contribution is -2.39. The van der Waals surface area contributed by atoms with Gasteiger partial charge >= 0.3 is 0 Å². The van der Waals surface area contributed by atoms with Crippen molar-refractivity contribution in [2.24, 2.45) is 0 Å². The van der Waals surface area contributed by atoms with E-state index in [1.165, 1.54) is 0 Å². The molecule has 1 atom stereocenters. The minimum atomic E-state index is -0.332. The molecule has 0 spiro atoms. The van der Waals surface area contributed by atoms with Crippen molar-refractivity contribution in [3.8, 4) is 0 Å². The molecule has 0 bridgehead atoms. The van der Waals surface area contributed by atoms with Crippen LogP contribution in [-0.2, 0) is 16.0 Å². The van der Waals surface area contributed by atoms with Gasteiger partial charge in [-0.25, -0.2) is 0 Å². The molecule has 0 aliphatic heterocycles. The van der Waals surface area contributed by atoms with Gasteiger partial charge in [0.15, 0.2) is 6.29 Å². The van der Waals surface area contributed by atoms with Crippen LogP contribution in [0.2, 0.25) is 15.1 Å². The molecule has 0 radical (unpaired) electrons. The normalized spacial score (nSPS) is 13.1. The Morgan fingerprint density at radius 1 is 1.11 bits per heavy atom. The number of benzene rings is 1. The Bertz CT molecular complexity index is 397. The maximum absolute atomic E-state index is 6.11. The fourth-order valence-corrected chi connectivity index (χ4v) is 2.28. The summed E-state index contributed by atoms with van der Waals surface area (Å²) in [6.07, 6.45) is -0.332. The van der Waals surface area contributed by atoms with E-state index in [0.29, 0.717) is 21.6 Å². The fourth-order valence-electron chi connectivity index (χ4n) is 1.59. The van der Waals surface area contributed by atoms with E-state index in [2.05, 4.69) is 5.32 Å². The molecule has 0 heterocycles. The van der Waals surface area contributed by atoms with Gasteiger partial charge in [-0.15, -0.1) is 0 Å². The summed E-state index contributed by atoms with van der Waals surface area (Å²) in [5, 5.41) is 4.77. The van der Waals surface area contributed by atoms with Crippen LogP contribution in [0.15, 0.2) is 12.1 Å². The zero-order valence-corrected chi connectivity index (χ0v) is 12.7. The predicted octanol–water partition coefficient (Wildman–Crippen LogP) is 3.74. The SMILES string of the molecule is COC(OC)C(C)NCc1c(Cl)ccc(Cl)c1Cl. The molecule has 18 heavy (non-hydrogen) atoms. The molecule has 0 aliphatic carbocycles. The van der Waals surface area contributed by atoms with E-state index >= 15 is 0 Å². The van der Waals surface area contributed by atoms with Crippen molar-refractivity contribution < 1.29 is 9.47 Å². The number of methoxy groups -OCH3 is 2. The van der Waals surface area contributed by atoms with E-state index in [9.17, 15) is 0 Å². The molecule has 6 heteroatoms. The van der Waals surface area contributed by atoms with Gasteiger partial charge in [0, 0.05) is 31.4 Å². The molecule has 0 amide bonds. The number of nitrogens with one attached hydrogen (secondary N) is 1. The number of rotatable bonds is 6. The van der Waals surface area contributed by atoms with Crippen LogP contribution in [0.5, 0.6) is 0 Å². The molecular formula is C12H16Cl3NO2. The summed E-state index contributed by atoms with van der Waals surface area (Å²) < 4.78 is 10.3. The third-order valence-corrected chi connectivity index (χ3v) is 3.81. The second-order valence-electron chi connectivity index (χ2n) is 3.83. The molecule has 0 aromatic heterocycles. The number of halogens is 3. The maximum Gasteiger partial charge on any atom is 0.171 e. The van der Waals surface area contributed by atoms with E-state index in [1.807, 2.05) is 6.92 Å². The van der Waals surface area contributed by atoms with Gasteiger partial charge in [0.05, 0.1) is 16.1 Å². The van der Waals surface area contributed by atoms with E-state index in [1.54, 1.807) is 26.4 Å². The van der Waals surface area contributed by atoms with Crippen molar-refractivity contribution in [3.05, 3.63) is 32.8 Å². The van der Waals surface area contributed by atoms with Crippen LogP contribution in [0.3, 0.4) is 0 Å². The number of hydrogen-bond donors (Lipinski definition) is 1. The summed E-state index contributed by atoms with van der Waals surface area (Å²) in [5.74, 6) is 0. The van der Waals surface area contributed by atoms with Gasteiger partial charge in [-0.3, -0.25) is 0 Å². The Hall–Kier alpha value is -0.0300. The monoisotopic (exact) mass is 311 g/mol. The lowest BCUT2D eigenvalue weighted by atomic mass is 10.2. The topological polar surface area (TPSA) is 30.5 Å². The van der Waals surface area contributed by atoms with Gasteiger partial charge in [-0.05, 0) is 19.1 Å². The molecule has 3 nitrogen and oxygen atoms in total. The van der Waals surface area contributed by atoms with Crippen molar-refractivity contribution in [3.63, 3.8) is 0 Å². The summed E-state index contributed by atoms with van der Waals surface area (Å²) in [6, 6.07) is 3.39. The van der Waals surface area contributed by atoms with Crippen LogP contribution in [0.1, 0.15) is 12.5 Å². The zero-order chi connectivity index (χ0) is 13.7. The van der Waals surface area contributed by atoms with Crippen molar-refractivity contribution in [1.82, 2.24) is 5.32 Å². The van der Waals surface area contributed by atoms with Crippen LogP contribution in [0, 0.1) is 0 Å². The Kier molecular flexibility index (Phi) is 6.71. The van der Waals surface area contributed by atoms with E-state index < -0.39 is 0 Å². The average molecular weight is 313 g/mol. The summed E-state index contributed by atoms with van der Waals surface area (Å²) in [6.45, 7) is 2.44. The van der Waals surface area contributed by atoms with Crippen LogP contribution in [0.25, 0.3) is 0 Å². The minimum absolute atomic E-state index is 0.00823. The van der Waals surface area contributed by atoms with Gasteiger partial charge in [0.1, 0.15) is 0 Å². The predicted molar refractivity (Wildman–Crippen MR) is 75.6 cm³/mol. The van der Waals surface area contributed by atoms with Gasteiger partial charge in [0.25, 0.3) is 0 Å². The van der Waals surface area contributed by atoms with Crippen LogP contribution in [0.4, 0.5) is 0 Å².